The average Bonchev–Trinajstić information content (AvgIpc) is 2.82. The molecule has 2 heterocycles. The first-order valence-electron chi connectivity index (χ1n) is 10.7. The van der Waals surface area contributed by atoms with Crippen LogP contribution in [0.2, 0.25) is 5.02 Å². The first-order chi connectivity index (χ1) is 16.0. The number of amides is 1. The van der Waals surface area contributed by atoms with Gasteiger partial charge in [-0.25, -0.2) is 9.97 Å². The standard InChI is InChI=1S/C24H22ClN5O3/c1-13(31)30-10-15-5-16(11-30)23(15)33-22-7-18-20(8-21(22)32-2)27-12-28-24(18)29-17-4-3-14(9-26)19(25)6-17/h3-4,6-8,12,15-16,23H,5,10-11H2,1-2H3,(H,27,28,29)/t15-,16+,23?. The second-order valence-corrected chi connectivity index (χ2v) is 8.84. The van der Waals surface area contributed by atoms with Crippen molar-refractivity contribution in [3.05, 3.63) is 47.2 Å². The highest BCUT2D eigenvalue weighted by Gasteiger charge is 2.49. The van der Waals surface area contributed by atoms with E-state index in [4.69, 9.17) is 26.3 Å². The lowest BCUT2D eigenvalue weighted by molar-refractivity contribution is -0.145. The second kappa shape index (κ2) is 8.41. The highest BCUT2D eigenvalue weighted by Crippen LogP contribution is 2.45. The van der Waals surface area contributed by atoms with Crippen LogP contribution in [0.25, 0.3) is 10.9 Å². The van der Waals surface area contributed by atoms with E-state index in [0.29, 0.717) is 50.9 Å². The van der Waals surface area contributed by atoms with Crippen LogP contribution >= 0.6 is 11.6 Å². The number of methoxy groups -OCH3 is 1. The Balaban J connectivity index is 1.45. The van der Waals surface area contributed by atoms with Crippen molar-refractivity contribution >= 4 is 39.9 Å². The van der Waals surface area contributed by atoms with Gasteiger partial charge in [0.15, 0.2) is 11.5 Å². The Morgan fingerprint density at radius 1 is 1.21 bits per heavy atom. The quantitative estimate of drug-likeness (QED) is 0.606. The summed E-state index contributed by atoms with van der Waals surface area (Å²) in [6, 6.07) is 10.9. The molecule has 8 nitrogen and oxygen atoms in total. The van der Waals surface area contributed by atoms with Crippen molar-refractivity contribution in [2.24, 2.45) is 11.8 Å². The smallest absolute Gasteiger partial charge is 0.219 e. The highest BCUT2D eigenvalue weighted by atomic mass is 35.5. The third-order valence-corrected chi connectivity index (χ3v) is 6.74. The summed E-state index contributed by atoms with van der Waals surface area (Å²) in [4.78, 5) is 22.4. The number of carbonyl (C=O) groups is 1. The zero-order valence-corrected chi connectivity index (χ0v) is 19.0. The van der Waals surface area contributed by atoms with Crippen molar-refractivity contribution in [1.29, 1.82) is 5.26 Å². The fourth-order valence-electron chi connectivity index (χ4n) is 4.68. The monoisotopic (exact) mass is 463 g/mol. The number of nitrogens with one attached hydrogen (secondary N) is 1. The summed E-state index contributed by atoms with van der Waals surface area (Å²) in [6.07, 6.45) is 2.59. The van der Waals surface area contributed by atoms with Crippen LogP contribution in [0.1, 0.15) is 18.9 Å². The number of ether oxygens (including phenoxy) is 2. The average molecular weight is 464 g/mol. The Morgan fingerprint density at radius 2 is 2.00 bits per heavy atom. The number of likely N-dealkylation sites (tertiary alicyclic amines) is 1. The van der Waals surface area contributed by atoms with Crippen LogP contribution < -0.4 is 14.8 Å². The molecule has 5 rings (SSSR count). The van der Waals surface area contributed by atoms with Gasteiger partial charge in [-0.15, -0.1) is 0 Å². The van der Waals surface area contributed by atoms with E-state index in [9.17, 15) is 4.79 Å². The maximum Gasteiger partial charge on any atom is 0.219 e. The number of hydrogen-bond acceptors (Lipinski definition) is 7. The molecule has 2 aromatic carbocycles. The number of aromatic nitrogens is 2. The minimum absolute atomic E-state index is 0.0466. The number of rotatable bonds is 5. The molecule has 1 saturated heterocycles. The lowest BCUT2D eigenvalue weighted by Gasteiger charge is -2.52. The van der Waals surface area contributed by atoms with Gasteiger partial charge in [-0.2, -0.15) is 5.26 Å². The molecule has 1 saturated carbocycles. The summed E-state index contributed by atoms with van der Waals surface area (Å²) >= 11 is 6.18. The number of halogens is 1. The van der Waals surface area contributed by atoms with Gasteiger partial charge in [0.1, 0.15) is 24.3 Å². The molecule has 2 fully saturated rings. The Morgan fingerprint density at radius 3 is 2.67 bits per heavy atom. The number of anilines is 2. The van der Waals surface area contributed by atoms with Crippen LogP contribution in [-0.4, -0.2) is 47.1 Å². The van der Waals surface area contributed by atoms with E-state index in [1.54, 1.807) is 32.2 Å². The molecular weight excluding hydrogens is 442 g/mol. The highest BCUT2D eigenvalue weighted by molar-refractivity contribution is 6.32. The molecule has 1 aliphatic carbocycles. The molecule has 2 aliphatic rings. The number of fused-ring (bicyclic) bond motifs is 3. The van der Waals surface area contributed by atoms with Crippen molar-refractivity contribution in [2.45, 2.75) is 19.4 Å². The lowest BCUT2D eigenvalue weighted by Crippen LogP contribution is -2.61. The van der Waals surface area contributed by atoms with Crippen LogP contribution in [-0.2, 0) is 4.79 Å². The first-order valence-corrected chi connectivity index (χ1v) is 11.1. The van der Waals surface area contributed by atoms with E-state index in [2.05, 4.69) is 21.4 Å². The van der Waals surface area contributed by atoms with Crippen molar-refractivity contribution in [3.8, 4) is 17.6 Å². The second-order valence-electron chi connectivity index (χ2n) is 8.44. The molecule has 0 spiro atoms. The number of piperidine rings is 2. The number of hydrogen-bond donors (Lipinski definition) is 1. The van der Waals surface area contributed by atoms with Gasteiger partial charge in [-0.1, -0.05) is 11.6 Å². The van der Waals surface area contributed by atoms with E-state index in [-0.39, 0.29) is 12.0 Å². The number of nitriles is 1. The zero-order valence-electron chi connectivity index (χ0n) is 18.2. The van der Waals surface area contributed by atoms with Gasteiger partial charge in [0.05, 0.1) is 23.2 Å². The summed E-state index contributed by atoms with van der Waals surface area (Å²) in [5.74, 6) is 2.56. The minimum atomic E-state index is 0.0466. The Bertz CT molecular complexity index is 1280. The fourth-order valence-corrected chi connectivity index (χ4v) is 4.90. The molecule has 3 atom stereocenters. The van der Waals surface area contributed by atoms with Crippen LogP contribution in [0.4, 0.5) is 11.5 Å². The van der Waals surface area contributed by atoms with Gasteiger partial charge in [-0.3, -0.25) is 4.79 Å². The zero-order chi connectivity index (χ0) is 23.1. The Hall–Kier alpha value is -3.57. The molecule has 1 aromatic heterocycles. The number of carbonyl (C=O) groups excluding carboxylic acids is 1. The van der Waals surface area contributed by atoms with Crippen LogP contribution in [0.15, 0.2) is 36.7 Å². The maximum atomic E-state index is 11.7. The molecule has 3 aromatic rings. The van der Waals surface area contributed by atoms with Crippen LogP contribution in [0.3, 0.4) is 0 Å². The molecule has 9 heteroatoms. The summed E-state index contributed by atoms with van der Waals surface area (Å²) in [6.45, 7) is 3.06. The molecule has 1 aliphatic heterocycles. The Labute approximate surface area is 196 Å². The molecule has 1 N–H and O–H groups in total. The fraction of sp³-hybridized carbons (Fsp3) is 0.333. The normalized spacial score (nSPS) is 21.2. The van der Waals surface area contributed by atoms with Gasteiger partial charge < -0.3 is 19.7 Å². The van der Waals surface area contributed by atoms with E-state index in [0.717, 1.165) is 24.9 Å². The predicted molar refractivity (Wildman–Crippen MR) is 124 cm³/mol. The van der Waals surface area contributed by atoms with Crippen molar-refractivity contribution < 1.29 is 14.3 Å². The van der Waals surface area contributed by atoms with Crippen molar-refractivity contribution in [2.75, 3.05) is 25.5 Å². The third kappa shape index (κ3) is 3.89. The molecule has 1 unspecified atom stereocenters. The summed E-state index contributed by atoms with van der Waals surface area (Å²) < 4.78 is 12.0. The number of benzene rings is 2. The van der Waals surface area contributed by atoms with E-state index >= 15 is 0 Å². The molecule has 33 heavy (non-hydrogen) atoms. The largest absolute Gasteiger partial charge is 0.493 e. The van der Waals surface area contributed by atoms with Crippen molar-refractivity contribution in [1.82, 2.24) is 14.9 Å². The summed E-state index contributed by atoms with van der Waals surface area (Å²) in [5, 5.41) is 13.5. The van der Waals surface area contributed by atoms with Crippen LogP contribution in [0, 0.1) is 23.2 Å². The van der Waals surface area contributed by atoms with Gasteiger partial charge in [-0.05, 0) is 30.7 Å². The number of nitrogens with zero attached hydrogens (tertiary/aromatic N) is 4. The molecule has 2 bridgehead atoms. The van der Waals surface area contributed by atoms with E-state index < -0.39 is 0 Å². The van der Waals surface area contributed by atoms with Crippen LogP contribution in [0.5, 0.6) is 11.5 Å². The maximum absolute atomic E-state index is 11.7. The van der Waals surface area contributed by atoms with Gasteiger partial charge in [0.2, 0.25) is 5.91 Å². The SMILES string of the molecule is COc1cc2ncnc(Nc3ccc(C#N)c(Cl)c3)c2cc1OC1[C@@H]2C[C@H]1CN(C(C)=O)C2. The predicted octanol–water partition coefficient (Wildman–Crippen LogP) is 4.15. The van der Waals surface area contributed by atoms with Gasteiger partial charge >= 0.3 is 0 Å². The molecule has 168 valence electrons. The summed E-state index contributed by atoms with van der Waals surface area (Å²) in [7, 11) is 1.60. The van der Waals surface area contributed by atoms with Crippen molar-refractivity contribution in [3.63, 3.8) is 0 Å². The Kier molecular flexibility index (Phi) is 5.43. The first kappa shape index (κ1) is 21.3. The van der Waals surface area contributed by atoms with Gasteiger partial charge in [0.25, 0.3) is 0 Å². The van der Waals surface area contributed by atoms with Gasteiger partial charge in [0, 0.05) is 49.0 Å². The minimum Gasteiger partial charge on any atom is -0.493 e. The lowest BCUT2D eigenvalue weighted by atomic mass is 9.68. The third-order valence-electron chi connectivity index (χ3n) is 6.43. The summed E-state index contributed by atoms with van der Waals surface area (Å²) in [5.41, 5.74) is 1.81. The van der Waals surface area contributed by atoms with E-state index in [1.807, 2.05) is 17.0 Å². The molecular formula is C24H22ClN5O3. The van der Waals surface area contributed by atoms with E-state index in [1.165, 1.54) is 6.33 Å². The molecule has 1 amide bonds. The molecule has 0 radical (unpaired) electrons. The topological polar surface area (TPSA) is 100 Å².